The van der Waals surface area contributed by atoms with Gasteiger partial charge in [-0.25, -0.2) is 4.39 Å². The summed E-state index contributed by atoms with van der Waals surface area (Å²) in [6, 6.07) is 5.13. The summed E-state index contributed by atoms with van der Waals surface area (Å²) < 4.78 is 23.6. The van der Waals surface area contributed by atoms with Crippen LogP contribution in [0.2, 0.25) is 0 Å². The normalized spacial score (nSPS) is 14.6. The Balaban J connectivity index is 1.75. The van der Waals surface area contributed by atoms with E-state index in [0.717, 1.165) is 0 Å². The standard InChI is InChI=1S/C13H14FN3O2/c1-18-11-5-2-8(6-10(11)14)13-16-12(17-19-13)7-15-9-3-4-9/h2,5-6,9,15H,3-4,7H2,1H3. The molecule has 1 aromatic carbocycles. The molecule has 100 valence electrons. The lowest BCUT2D eigenvalue weighted by Crippen LogP contribution is -2.16. The van der Waals surface area contributed by atoms with Gasteiger partial charge in [-0.2, -0.15) is 4.98 Å². The number of hydrogen-bond donors (Lipinski definition) is 1. The number of nitrogens with zero attached hydrogens (tertiary/aromatic N) is 2. The van der Waals surface area contributed by atoms with Crippen molar-refractivity contribution in [1.29, 1.82) is 0 Å². The highest BCUT2D eigenvalue weighted by atomic mass is 19.1. The maximum Gasteiger partial charge on any atom is 0.258 e. The molecule has 1 aliphatic carbocycles. The molecule has 0 unspecified atom stereocenters. The summed E-state index contributed by atoms with van der Waals surface area (Å²) >= 11 is 0. The van der Waals surface area contributed by atoms with Gasteiger partial charge in [0.1, 0.15) is 0 Å². The summed E-state index contributed by atoms with van der Waals surface area (Å²) in [7, 11) is 1.42. The molecule has 3 rings (SSSR count). The minimum absolute atomic E-state index is 0.193. The van der Waals surface area contributed by atoms with Gasteiger partial charge in [0.25, 0.3) is 5.89 Å². The lowest BCUT2D eigenvalue weighted by molar-refractivity contribution is 0.386. The van der Waals surface area contributed by atoms with Crippen LogP contribution < -0.4 is 10.1 Å². The highest BCUT2D eigenvalue weighted by molar-refractivity contribution is 5.54. The first-order valence-electron chi connectivity index (χ1n) is 6.16. The Labute approximate surface area is 109 Å². The number of hydrogen-bond acceptors (Lipinski definition) is 5. The Morgan fingerprint density at radius 1 is 1.47 bits per heavy atom. The Kier molecular flexibility index (Phi) is 3.16. The second-order valence-corrected chi connectivity index (χ2v) is 4.52. The Hall–Kier alpha value is -1.95. The van der Waals surface area contributed by atoms with E-state index in [1.807, 2.05) is 0 Å². The van der Waals surface area contributed by atoms with Crippen LogP contribution in [0.5, 0.6) is 5.75 Å². The number of methoxy groups -OCH3 is 1. The third kappa shape index (κ3) is 2.73. The molecule has 19 heavy (non-hydrogen) atoms. The van der Waals surface area contributed by atoms with Crippen LogP contribution in [0, 0.1) is 5.82 Å². The lowest BCUT2D eigenvalue weighted by atomic mass is 10.2. The molecule has 1 fully saturated rings. The van der Waals surface area contributed by atoms with Crippen LogP contribution in [-0.4, -0.2) is 23.3 Å². The molecule has 1 saturated carbocycles. The van der Waals surface area contributed by atoms with Gasteiger partial charge in [0.15, 0.2) is 17.4 Å². The van der Waals surface area contributed by atoms with Gasteiger partial charge in [0.05, 0.1) is 13.7 Å². The molecule has 5 nitrogen and oxygen atoms in total. The van der Waals surface area contributed by atoms with Crippen LogP contribution in [-0.2, 0) is 6.54 Å². The van der Waals surface area contributed by atoms with Gasteiger partial charge >= 0.3 is 0 Å². The summed E-state index contributed by atoms with van der Waals surface area (Å²) in [6.45, 7) is 0.576. The van der Waals surface area contributed by atoms with E-state index in [1.54, 1.807) is 6.07 Å². The van der Waals surface area contributed by atoms with E-state index in [1.165, 1.54) is 32.1 Å². The minimum Gasteiger partial charge on any atom is -0.494 e. The van der Waals surface area contributed by atoms with Gasteiger partial charge in [-0.1, -0.05) is 5.16 Å². The molecule has 0 spiro atoms. The van der Waals surface area contributed by atoms with Crippen molar-refractivity contribution >= 4 is 0 Å². The first-order chi connectivity index (χ1) is 9.26. The minimum atomic E-state index is -0.448. The summed E-state index contributed by atoms with van der Waals surface area (Å²) in [5.74, 6) is 0.641. The van der Waals surface area contributed by atoms with E-state index >= 15 is 0 Å². The van der Waals surface area contributed by atoms with E-state index < -0.39 is 5.82 Å². The maximum absolute atomic E-state index is 13.6. The topological polar surface area (TPSA) is 60.2 Å². The van der Waals surface area contributed by atoms with E-state index in [-0.39, 0.29) is 5.75 Å². The van der Waals surface area contributed by atoms with Crippen molar-refractivity contribution in [2.24, 2.45) is 0 Å². The second kappa shape index (κ2) is 4.97. The predicted molar refractivity (Wildman–Crippen MR) is 66.1 cm³/mol. The summed E-state index contributed by atoms with van der Waals surface area (Å²) in [4.78, 5) is 4.23. The fraction of sp³-hybridized carbons (Fsp3) is 0.385. The Morgan fingerprint density at radius 3 is 3.00 bits per heavy atom. The quantitative estimate of drug-likeness (QED) is 0.895. The van der Waals surface area contributed by atoms with Crippen molar-refractivity contribution in [1.82, 2.24) is 15.5 Å². The highest BCUT2D eigenvalue weighted by Gasteiger charge is 2.21. The van der Waals surface area contributed by atoms with Crippen LogP contribution in [0.25, 0.3) is 11.5 Å². The van der Waals surface area contributed by atoms with Gasteiger partial charge in [0, 0.05) is 11.6 Å². The molecule has 1 heterocycles. The number of halogens is 1. The van der Waals surface area contributed by atoms with Crippen molar-refractivity contribution in [2.75, 3.05) is 7.11 Å². The van der Waals surface area contributed by atoms with Crippen LogP contribution in [0.15, 0.2) is 22.7 Å². The molecular formula is C13H14FN3O2. The molecule has 0 saturated heterocycles. The van der Waals surface area contributed by atoms with E-state index in [2.05, 4.69) is 15.5 Å². The lowest BCUT2D eigenvalue weighted by Gasteiger charge is -2.01. The number of ether oxygens (including phenoxy) is 1. The van der Waals surface area contributed by atoms with Gasteiger partial charge < -0.3 is 14.6 Å². The van der Waals surface area contributed by atoms with Gasteiger partial charge in [-0.05, 0) is 31.0 Å². The molecule has 0 atom stereocenters. The Morgan fingerprint density at radius 2 is 2.32 bits per heavy atom. The summed E-state index contributed by atoms with van der Waals surface area (Å²) in [6.07, 6.45) is 2.41. The largest absolute Gasteiger partial charge is 0.494 e. The fourth-order valence-corrected chi connectivity index (χ4v) is 1.77. The SMILES string of the molecule is COc1ccc(-c2nc(CNC3CC3)no2)cc1F. The molecule has 1 aliphatic rings. The van der Waals surface area contributed by atoms with Crippen molar-refractivity contribution in [3.05, 3.63) is 29.8 Å². The van der Waals surface area contributed by atoms with Crippen LogP contribution >= 0.6 is 0 Å². The predicted octanol–water partition coefficient (Wildman–Crippen LogP) is 2.14. The van der Waals surface area contributed by atoms with E-state index in [9.17, 15) is 4.39 Å². The molecule has 0 aliphatic heterocycles. The maximum atomic E-state index is 13.6. The Bertz CT molecular complexity index is 581. The third-order valence-corrected chi connectivity index (χ3v) is 2.99. The second-order valence-electron chi connectivity index (χ2n) is 4.52. The summed E-state index contributed by atoms with van der Waals surface area (Å²) in [5.41, 5.74) is 0.545. The van der Waals surface area contributed by atoms with Gasteiger partial charge in [-0.3, -0.25) is 0 Å². The highest BCUT2D eigenvalue weighted by Crippen LogP contribution is 2.24. The van der Waals surface area contributed by atoms with Gasteiger partial charge in [0.2, 0.25) is 0 Å². The number of aromatic nitrogens is 2. The molecule has 0 amide bonds. The average molecular weight is 263 g/mol. The van der Waals surface area contributed by atoms with E-state index in [0.29, 0.717) is 29.9 Å². The van der Waals surface area contributed by atoms with Gasteiger partial charge in [-0.15, -0.1) is 0 Å². The van der Waals surface area contributed by atoms with Crippen LogP contribution in [0.1, 0.15) is 18.7 Å². The average Bonchev–Trinajstić information content (AvgIpc) is 3.13. The van der Waals surface area contributed by atoms with Crippen molar-refractivity contribution in [3.8, 4) is 17.2 Å². The van der Waals surface area contributed by atoms with Crippen molar-refractivity contribution in [3.63, 3.8) is 0 Å². The molecule has 2 aromatic rings. The van der Waals surface area contributed by atoms with Crippen molar-refractivity contribution in [2.45, 2.75) is 25.4 Å². The number of rotatable bonds is 5. The molecule has 0 bridgehead atoms. The zero-order valence-electron chi connectivity index (χ0n) is 10.5. The monoisotopic (exact) mass is 263 g/mol. The number of benzene rings is 1. The number of nitrogens with one attached hydrogen (secondary N) is 1. The molecule has 0 radical (unpaired) electrons. The fourth-order valence-electron chi connectivity index (χ4n) is 1.77. The molecule has 6 heteroatoms. The third-order valence-electron chi connectivity index (χ3n) is 2.99. The first-order valence-corrected chi connectivity index (χ1v) is 6.16. The van der Waals surface area contributed by atoms with E-state index in [4.69, 9.17) is 9.26 Å². The zero-order valence-corrected chi connectivity index (χ0v) is 10.5. The molecule has 1 N–H and O–H groups in total. The van der Waals surface area contributed by atoms with Crippen LogP contribution in [0.4, 0.5) is 4.39 Å². The first kappa shape index (κ1) is 12.1. The smallest absolute Gasteiger partial charge is 0.258 e. The molecular weight excluding hydrogens is 249 g/mol. The molecule has 1 aromatic heterocycles. The summed E-state index contributed by atoms with van der Waals surface area (Å²) in [5, 5.41) is 7.15. The van der Waals surface area contributed by atoms with Crippen LogP contribution in [0.3, 0.4) is 0 Å². The van der Waals surface area contributed by atoms with Crippen molar-refractivity contribution < 1.29 is 13.7 Å². The zero-order chi connectivity index (χ0) is 13.2.